The Labute approximate surface area is 118 Å². The number of benzene rings is 2. The van der Waals surface area contributed by atoms with Crippen molar-refractivity contribution in [3.8, 4) is 5.69 Å². The summed E-state index contributed by atoms with van der Waals surface area (Å²) in [6, 6.07) is 10.5. The molecule has 0 N–H and O–H groups in total. The fraction of sp³-hybridized carbons (Fsp3) is 0. The van der Waals surface area contributed by atoms with Crippen molar-refractivity contribution in [2.24, 2.45) is 0 Å². The molecule has 0 atom stereocenters. The zero-order valence-electron chi connectivity index (χ0n) is 8.94. The highest BCUT2D eigenvalue weighted by atomic mass is 35.5. The summed E-state index contributed by atoms with van der Waals surface area (Å²) in [6.07, 6.45) is 0. The van der Waals surface area contributed by atoms with Crippen molar-refractivity contribution in [2.45, 2.75) is 0 Å². The molecule has 3 nitrogen and oxygen atoms in total. The fourth-order valence-corrected chi connectivity index (χ4v) is 2.34. The molecule has 0 unspecified atom stereocenters. The Kier molecular flexibility index (Phi) is 2.90. The molecule has 18 heavy (non-hydrogen) atoms. The Morgan fingerprint density at radius 3 is 2.11 bits per heavy atom. The van der Waals surface area contributed by atoms with Gasteiger partial charge in [-0.1, -0.05) is 34.8 Å². The van der Waals surface area contributed by atoms with Crippen molar-refractivity contribution in [3.63, 3.8) is 0 Å². The summed E-state index contributed by atoms with van der Waals surface area (Å²) in [5, 5.41) is 10.4. The Balaban J connectivity index is 2.19. The van der Waals surface area contributed by atoms with E-state index in [1.165, 1.54) is 4.80 Å². The maximum absolute atomic E-state index is 5.95. The van der Waals surface area contributed by atoms with Crippen LogP contribution in [0.1, 0.15) is 0 Å². The molecule has 1 heterocycles. The normalized spacial score (nSPS) is 11.1. The molecule has 0 spiro atoms. The van der Waals surface area contributed by atoms with Gasteiger partial charge in [-0.2, -0.15) is 4.80 Å². The second kappa shape index (κ2) is 4.43. The lowest BCUT2D eigenvalue weighted by Gasteiger charge is -2.00. The minimum Gasteiger partial charge on any atom is -0.150 e. The second-order valence-corrected chi connectivity index (χ2v) is 5.06. The van der Waals surface area contributed by atoms with Gasteiger partial charge in [-0.3, -0.25) is 0 Å². The van der Waals surface area contributed by atoms with Gasteiger partial charge in [-0.05, 0) is 36.4 Å². The van der Waals surface area contributed by atoms with Gasteiger partial charge in [0.1, 0.15) is 11.0 Å². The molecule has 0 saturated carbocycles. The van der Waals surface area contributed by atoms with E-state index in [9.17, 15) is 0 Å². The van der Waals surface area contributed by atoms with Crippen LogP contribution in [0.4, 0.5) is 0 Å². The van der Waals surface area contributed by atoms with Crippen LogP contribution in [0, 0.1) is 0 Å². The molecule has 0 radical (unpaired) electrons. The van der Waals surface area contributed by atoms with Gasteiger partial charge in [0, 0.05) is 15.1 Å². The highest BCUT2D eigenvalue weighted by molar-refractivity contribution is 6.34. The molecule has 0 fully saturated rings. The van der Waals surface area contributed by atoms with Gasteiger partial charge >= 0.3 is 0 Å². The molecule has 1 aromatic heterocycles. The Hall–Kier alpha value is -1.29. The molecule has 0 saturated heterocycles. The predicted molar refractivity (Wildman–Crippen MR) is 73.9 cm³/mol. The van der Waals surface area contributed by atoms with Crippen LogP contribution in [0.5, 0.6) is 0 Å². The van der Waals surface area contributed by atoms with Crippen molar-refractivity contribution in [3.05, 3.63) is 51.5 Å². The van der Waals surface area contributed by atoms with Gasteiger partial charge < -0.3 is 0 Å². The zero-order chi connectivity index (χ0) is 12.7. The van der Waals surface area contributed by atoms with E-state index in [2.05, 4.69) is 10.2 Å². The van der Waals surface area contributed by atoms with Gasteiger partial charge in [-0.15, -0.1) is 10.2 Å². The first-order valence-electron chi connectivity index (χ1n) is 5.11. The summed E-state index contributed by atoms with van der Waals surface area (Å²) >= 11 is 17.8. The summed E-state index contributed by atoms with van der Waals surface area (Å²) in [4.78, 5) is 1.48. The third-order valence-corrected chi connectivity index (χ3v) is 3.09. The lowest BCUT2D eigenvalue weighted by Crippen LogP contribution is -1.98. The van der Waals surface area contributed by atoms with Crippen molar-refractivity contribution >= 4 is 45.8 Å². The topological polar surface area (TPSA) is 30.7 Å². The lowest BCUT2D eigenvalue weighted by atomic mass is 10.3. The highest BCUT2D eigenvalue weighted by Gasteiger charge is 2.06. The van der Waals surface area contributed by atoms with Crippen molar-refractivity contribution in [1.82, 2.24) is 15.0 Å². The minimum absolute atomic E-state index is 0.539. The second-order valence-electron chi connectivity index (χ2n) is 3.75. The average molecular weight is 299 g/mol. The maximum atomic E-state index is 5.95. The largest absolute Gasteiger partial charge is 0.150 e. The molecular formula is C12H6Cl3N3. The van der Waals surface area contributed by atoms with E-state index < -0.39 is 0 Å². The SMILES string of the molecule is Clc1cc(Cl)cc(-n2nc3ccc(Cl)cc3n2)c1. The highest BCUT2D eigenvalue weighted by Crippen LogP contribution is 2.22. The smallest absolute Gasteiger partial charge is 0.115 e. The van der Waals surface area contributed by atoms with Gasteiger partial charge in [0.05, 0.1) is 5.69 Å². The molecule has 90 valence electrons. The van der Waals surface area contributed by atoms with Crippen molar-refractivity contribution in [1.29, 1.82) is 0 Å². The molecule has 2 aromatic carbocycles. The van der Waals surface area contributed by atoms with E-state index in [0.717, 1.165) is 11.0 Å². The van der Waals surface area contributed by atoms with Gasteiger partial charge in [0.2, 0.25) is 0 Å². The minimum atomic E-state index is 0.539. The lowest BCUT2D eigenvalue weighted by molar-refractivity contribution is 0.766. The average Bonchev–Trinajstić information content (AvgIpc) is 2.70. The van der Waals surface area contributed by atoms with Crippen LogP contribution in [0.15, 0.2) is 36.4 Å². The molecule has 6 heteroatoms. The van der Waals surface area contributed by atoms with Gasteiger partial charge in [0.15, 0.2) is 0 Å². The Morgan fingerprint density at radius 1 is 0.722 bits per heavy atom. The summed E-state index contributed by atoms with van der Waals surface area (Å²) < 4.78 is 0. The zero-order valence-corrected chi connectivity index (χ0v) is 11.2. The molecule has 0 aliphatic heterocycles. The number of fused-ring (bicyclic) bond motifs is 1. The van der Waals surface area contributed by atoms with Crippen LogP contribution in [0.2, 0.25) is 15.1 Å². The van der Waals surface area contributed by atoms with Crippen LogP contribution in [-0.2, 0) is 0 Å². The quantitative estimate of drug-likeness (QED) is 0.667. The fourth-order valence-electron chi connectivity index (χ4n) is 1.66. The molecule has 3 aromatic rings. The van der Waals surface area contributed by atoms with E-state index in [0.29, 0.717) is 20.8 Å². The van der Waals surface area contributed by atoms with E-state index in [1.54, 1.807) is 30.3 Å². The molecule has 0 aliphatic rings. The molecule has 0 amide bonds. The molecular weight excluding hydrogens is 293 g/mol. The molecule has 0 aliphatic carbocycles. The number of rotatable bonds is 1. The first-order chi connectivity index (χ1) is 8.61. The third kappa shape index (κ3) is 2.17. The van der Waals surface area contributed by atoms with E-state index in [4.69, 9.17) is 34.8 Å². The monoisotopic (exact) mass is 297 g/mol. The van der Waals surface area contributed by atoms with Crippen LogP contribution < -0.4 is 0 Å². The number of nitrogens with zero attached hydrogens (tertiary/aromatic N) is 3. The summed E-state index contributed by atoms with van der Waals surface area (Å²) in [5.74, 6) is 0. The maximum Gasteiger partial charge on any atom is 0.115 e. The number of aromatic nitrogens is 3. The molecule has 0 bridgehead atoms. The van der Waals surface area contributed by atoms with E-state index in [-0.39, 0.29) is 0 Å². The van der Waals surface area contributed by atoms with Crippen LogP contribution in [0.3, 0.4) is 0 Å². The standard InChI is InChI=1S/C12H6Cl3N3/c13-7-1-2-11-12(6-7)17-18(16-11)10-4-8(14)3-9(15)5-10/h1-6H. The van der Waals surface area contributed by atoms with Crippen molar-refractivity contribution in [2.75, 3.05) is 0 Å². The summed E-state index contributed by atoms with van der Waals surface area (Å²) in [6.45, 7) is 0. The number of halogens is 3. The summed E-state index contributed by atoms with van der Waals surface area (Å²) in [5.41, 5.74) is 2.19. The van der Waals surface area contributed by atoms with E-state index >= 15 is 0 Å². The first kappa shape index (κ1) is 11.8. The predicted octanol–water partition coefficient (Wildman–Crippen LogP) is 4.38. The number of hydrogen-bond donors (Lipinski definition) is 0. The van der Waals surface area contributed by atoms with Crippen LogP contribution in [0.25, 0.3) is 16.7 Å². The van der Waals surface area contributed by atoms with Gasteiger partial charge in [0.25, 0.3) is 0 Å². The number of hydrogen-bond acceptors (Lipinski definition) is 2. The van der Waals surface area contributed by atoms with Crippen molar-refractivity contribution < 1.29 is 0 Å². The van der Waals surface area contributed by atoms with Gasteiger partial charge in [-0.25, -0.2) is 0 Å². The van der Waals surface area contributed by atoms with E-state index in [1.807, 2.05) is 6.07 Å². The molecule has 3 rings (SSSR count). The first-order valence-corrected chi connectivity index (χ1v) is 6.24. The Bertz CT molecular complexity index is 716. The third-order valence-electron chi connectivity index (χ3n) is 2.42. The summed E-state index contributed by atoms with van der Waals surface area (Å²) in [7, 11) is 0. The van der Waals surface area contributed by atoms with Crippen LogP contribution in [-0.4, -0.2) is 15.0 Å². The van der Waals surface area contributed by atoms with Crippen LogP contribution >= 0.6 is 34.8 Å². The Morgan fingerprint density at radius 2 is 1.39 bits per heavy atom.